The highest BCUT2D eigenvalue weighted by Gasteiger charge is 2.38. The normalized spacial score (nSPS) is 14.0. The number of alkyl halides is 3. The molecule has 21 heavy (non-hydrogen) atoms. The molecule has 0 spiro atoms. The predicted octanol–water partition coefficient (Wildman–Crippen LogP) is 1.08. The molecule has 1 unspecified atom stereocenters. The maximum absolute atomic E-state index is 12.8. The number of aliphatic hydroxyl groups is 1. The van der Waals surface area contributed by atoms with Crippen LogP contribution in [0.25, 0.3) is 0 Å². The van der Waals surface area contributed by atoms with Crippen molar-refractivity contribution >= 4 is 27.6 Å². The molecule has 0 aliphatic carbocycles. The van der Waals surface area contributed by atoms with Crippen molar-refractivity contribution in [1.29, 1.82) is 0 Å². The van der Waals surface area contributed by atoms with Crippen molar-refractivity contribution in [2.75, 3.05) is 6.61 Å². The largest absolute Gasteiger partial charge is 0.480 e. The summed E-state index contributed by atoms with van der Waals surface area (Å²) < 4.78 is 63.6. The molecule has 0 aliphatic heterocycles. The number of aliphatic hydroxyl groups excluding tert-OH is 1. The van der Waals surface area contributed by atoms with E-state index in [1.54, 1.807) is 0 Å². The van der Waals surface area contributed by atoms with Crippen LogP contribution in [0.5, 0.6) is 0 Å². The third kappa shape index (κ3) is 4.30. The Labute approximate surface area is 122 Å². The topological polar surface area (TPSA) is 104 Å². The average Bonchev–Trinajstić information content (AvgIpc) is 2.34. The van der Waals surface area contributed by atoms with E-state index in [4.69, 9.17) is 21.8 Å². The highest BCUT2D eigenvalue weighted by molar-refractivity contribution is 7.89. The first-order chi connectivity index (χ1) is 9.49. The number of rotatable bonds is 5. The minimum absolute atomic E-state index is 0.335. The molecule has 0 saturated heterocycles. The molecule has 0 fully saturated rings. The molecule has 1 atom stereocenters. The van der Waals surface area contributed by atoms with Gasteiger partial charge in [-0.3, -0.25) is 4.79 Å². The SMILES string of the molecule is O=C(O)C(CO)NS(=O)(=O)c1ccc(Cl)cc1C(F)(F)F. The highest BCUT2D eigenvalue weighted by Crippen LogP contribution is 2.35. The molecule has 0 bridgehead atoms. The van der Waals surface area contributed by atoms with Crippen LogP contribution in [0, 0.1) is 0 Å². The zero-order valence-electron chi connectivity index (χ0n) is 10.1. The third-order valence-electron chi connectivity index (χ3n) is 2.31. The molecule has 0 aromatic heterocycles. The summed E-state index contributed by atoms with van der Waals surface area (Å²) in [4.78, 5) is 9.46. The van der Waals surface area contributed by atoms with Gasteiger partial charge in [0.25, 0.3) is 0 Å². The summed E-state index contributed by atoms with van der Waals surface area (Å²) in [6.07, 6.45) is -5.01. The molecule has 0 heterocycles. The number of carboxylic acid groups (broad SMARTS) is 1. The molecule has 3 N–H and O–H groups in total. The Balaban J connectivity index is 3.35. The van der Waals surface area contributed by atoms with Gasteiger partial charge >= 0.3 is 12.1 Å². The van der Waals surface area contributed by atoms with Gasteiger partial charge in [-0.25, -0.2) is 8.42 Å². The van der Waals surface area contributed by atoms with Crippen molar-refractivity contribution in [2.24, 2.45) is 0 Å². The first-order valence-electron chi connectivity index (χ1n) is 5.22. The average molecular weight is 348 g/mol. The van der Waals surface area contributed by atoms with Gasteiger partial charge in [0.05, 0.1) is 17.1 Å². The molecule has 6 nitrogen and oxygen atoms in total. The quantitative estimate of drug-likeness (QED) is 0.739. The van der Waals surface area contributed by atoms with Crippen LogP contribution in [0.4, 0.5) is 13.2 Å². The van der Waals surface area contributed by atoms with E-state index in [1.807, 2.05) is 0 Å². The van der Waals surface area contributed by atoms with Gasteiger partial charge in [-0.2, -0.15) is 17.9 Å². The highest BCUT2D eigenvalue weighted by atomic mass is 35.5. The maximum atomic E-state index is 12.8. The lowest BCUT2D eigenvalue weighted by Gasteiger charge is -2.16. The van der Waals surface area contributed by atoms with Crippen LogP contribution in [-0.4, -0.2) is 37.2 Å². The van der Waals surface area contributed by atoms with E-state index in [0.717, 1.165) is 6.07 Å². The number of hydrogen-bond donors (Lipinski definition) is 3. The Morgan fingerprint density at radius 1 is 1.38 bits per heavy atom. The standard InChI is InChI=1S/C10H9ClF3NO5S/c11-5-1-2-8(6(3-5)10(12,13)14)21(19,20)15-7(4-16)9(17)18/h1-3,7,15-16H,4H2,(H,17,18). The summed E-state index contributed by atoms with van der Waals surface area (Å²) in [5, 5.41) is 17.0. The molecule has 0 saturated carbocycles. The second-order valence-corrected chi connectivity index (χ2v) is 5.95. The van der Waals surface area contributed by atoms with Crippen LogP contribution >= 0.6 is 11.6 Å². The third-order valence-corrected chi connectivity index (χ3v) is 4.08. The molecule has 11 heteroatoms. The number of benzene rings is 1. The van der Waals surface area contributed by atoms with E-state index in [2.05, 4.69) is 0 Å². The maximum Gasteiger partial charge on any atom is 0.417 e. The molecular formula is C10H9ClF3NO5S. The summed E-state index contributed by atoms with van der Waals surface area (Å²) in [6, 6.07) is -0.0407. The Bertz CT molecular complexity index is 647. The number of aliphatic carboxylic acids is 1. The molecule has 0 aliphatic rings. The molecule has 0 amide bonds. The smallest absolute Gasteiger partial charge is 0.417 e. The Morgan fingerprint density at radius 3 is 2.38 bits per heavy atom. The summed E-state index contributed by atoms with van der Waals surface area (Å²) in [5.74, 6) is -1.73. The van der Waals surface area contributed by atoms with Crippen LogP contribution in [0.3, 0.4) is 0 Å². The van der Waals surface area contributed by atoms with E-state index in [0.29, 0.717) is 12.1 Å². The summed E-state index contributed by atoms with van der Waals surface area (Å²) in [6.45, 7) is -1.12. The lowest BCUT2D eigenvalue weighted by atomic mass is 10.2. The van der Waals surface area contributed by atoms with Gasteiger partial charge in [0, 0.05) is 5.02 Å². The van der Waals surface area contributed by atoms with Crippen LogP contribution < -0.4 is 4.72 Å². The minimum atomic E-state index is -5.01. The molecule has 1 aromatic rings. The Morgan fingerprint density at radius 2 is 1.95 bits per heavy atom. The van der Waals surface area contributed by atoms with Crippen molar-refractivity contribution in [3.05, 3.63) is 28.8 Å². The first-order valence-corrected chi connectivity index (χ1v) is 7.08. The number of hydrogen-bond acceptors (Lipinski definition) is 4. The van der Waals surface area contributed by atoms with E-state index < -0.39 is 45.3 Å². The van der Waals surface area contributed by atoms with Gasteiger partial charge in [0.15, 0.2) is 0 Å². The second kappa shape index (κ2) is 6.18. The van der Waals surface area contributed by atoms with E-state index in [-0.39, 0.29) is 5.02 Å². The fourth-order valence-electron chi connectivity index (χ4n) is 1.37. The predicted molar refractivity (Wildman–Crippen MR) is 65.3 cm³/mol. The number of halogens is 4. The molecular weight excluding hydrogens is 339 g/mol. The van der Waals surface area contributed by atoms with Crippen LogP contribution in [0.2, 0.25) is 5.02 Å². The molecule has 1 aromatic carbocycles. The summed E-state index contributed by atoms with van der Waals surface area (Å²) >= 11 is 5.41. The Hall–Kier alpha value is -1.36. The van der Waals surface area contributed by atoms with Crippen LogP contribution in [0.1, 0.15) is 5.56 Å². The minimum Gasteiger partial charge on any atom is -0.480 e. The monoisotopic (exact) mass is 347 g/mol. The van der Waals surface area contributed by atoms with Crippen LogP contribution in [-0.2, 0) is 21.0 Å². The fourth-order valence-corrected chi connectivity index (χ4v) is 2.93. The van der Waals surface area contributed by atoms with Crippen molar-refractivity contribution < 1.29 is 36.6 Å². The number of carbonyl (C=O) groups is 1. The second-order valence-electron chi connectivity index (χ2n) is 3.83. The lowest BCUT2D eigenvalue weighted by molar-refractivity contribution is -0.140. The zero-order chi connectivity index (χ0) is 16.4. The first kappa shape index (κ1) is 17.7. The summed E-state index contributed by atoms with van der Waals surface area (Å²) in [5.41, 5.74) is -1.54. The molecule has 118 valence electrons. The van der Waals surface area contributed by atoms with E-state index in [9.17, 15) is 26.4 Å². The van der Waals surface area contributed by atoms with Crippen LogP contribution in [0.15, 0.2) is 23.1 Å². The van der Waals surface area contributed by atoms with Gasteiger partial charge in [-0.1, -0.05) is 11.6 Å². The summed E-state index contributed by atoms with van der Waals surface area (Å²) in [7, 11) is -4.82. The van der Waals surface area contributed by atoms with Crippen molar-refractivity contribution in [3.63, 3.8) is 0 Å². The number of carboxylic acids is 1. The molecule has 1 rings (SSSR count). The van der Waals surface area contributed by atoms with Crippen molar-refractivity contribution in [2.45, 2.75) is 17.1 Å². The van der Waals surface area contributed by atoms with Crippen molar-refractivity contribution in [3.8, 4) is 0 Å². The number of nitrogens with one attached hydrogen (secondary N) is 1. The fraction of sp³-hybridized carbons (Fsp3) is 0.300. The van der Waals surface area contributed by atoms with Gasteiger partial charge in [-0.15, -0.1) is 0 Å². The van der Waals surface area contributed by atoms with Gasteiger partial charge in [0.1, 0.15) is 6.04 Å². The zero-order valence-corrected chi connectivity index (χ0v) is 11.6. The number of sulfonamides is 1. The molecule has 0 radical (unpaired) electrons. The van der Waals surface area contributed by atoms with Crippen molar-refractivity contribution in [1.82, 2.24) is 4.72 Å². The van der Waals surface area contributed by atoms with E-state index >= 15 is 0 Å². The Kier molecular flexibility index (Phi) is 5.20. The lowest BCUT2D eigenvalue weighted by Crippen LogP contribution is -2.43. The van der Waals surface area contributed by atoms with Gasteiger partial charge in [-0.05, 0) is 18.2 Å². The van der Waals surface area contributed by atoms with E-state index in [1.165, 1.54) is 4.72 Å². The van der Waals surface area contributed by atoms with Gasteiger partial charge < -0.3 is 10.2 Å². The van der Waals surface area contributed by atoms with Gasteiger partial charge in [0.2, 0.25) is 10.0 Å².